The van der Waals surface area contributed by atoms with Crippen molar-refractivity contribution in [3.8, 4) is 0 Å². The van der Waals surface area contributed by atoms with Gasteiger partial charge in [0.05, 0.1) is 0 Å². The van der Waals surface area contributed by atoms with E-state index in [1.807, 2.05) is 24.3 Å². The van der Waals surface area contributed by atoms with Gasteiger partial charge in [-0.1, -0.05) is 6.07 Å². The lowest BCUT2D eigenvalue weighted by molar-refractivity contribution is 0.252. The summed E-state index contributed by atoms with van der Waals surface area (Å²) in [4.78, 5) is 14.7. The molecule has 4 nitrogen and oxygen atoms in total. The lowest BCUT2D eigenvalue weighted by Gasteiger charge is -2.15. The predicted octanol–water partition coefficient (Wildman–Crippen LogP) is 3.65. The zero-order chi connectivity index (χ0) is 13.9. The number of rotatable bonds is 4. The third kappa shape index (κ3) is 2.96. The Morgan fingerprint density at radius 2 is 2.30 bits per heavy atom. The van der Waals surface area contributed by atoms with Crippen LogP contribution in [0.2, 0.25) is 0 Å². The zero-order valence-electron chi connectivity index (χ0n) is 10.7. The molecule has 20 heavy (non-hydrogen) atoms. The van der Waals surface area contributed by atoms with E-state index in [1.54, 1.807) is 16.2 Å². The second-order valence-corrected chi connectivity index (χ2v) is 6.43. The van der Waals surface area contributed by atoms with Crippen LogP contribution in [-0.4, -0.2) is 19.1 Å². The van der Waals surface area contributed by atoms with Crippen molar-refractivity contribution in [1.29, 1.82) is 0 Å². The maximum atomic E-state index is 11.7. The van der Waals surface area contributed by atoms with Crippen molar-refractivity contribution < 1.29 is 4.79 Å². The predicted molar refractivity (Wildman–Crippen MR) is 86.5 cm³/mol. The molecule has 1 aromatic carbocycles. The van der Waals surface area contributed by atoms with Gasteiger partial charge in [-0.05, 0) is 40.2 Å². The van der Waals surface area contributed by atoms with Gasteiger partial charge in [0, 0.05) is 45.7 Å². The van der Waals surface area contributed by atoms with Crippen molar-refractivity contribution in [1.82, 2.24) is 5.32 Å². The van der Waals surface area contributed by atoms with E-state index in [0.717, 1.165) is 28.9 Å². The Labute approximate surface area is 129 Å². The van der Waals surface area contributed by atoms with Gasteiger partial charge >= 0.3 is 6.03 Å². The van der Waals surface area contributed by atoms with E-state index in [1.165, 1.54) is 4.88 Å². The van der Waals surface area contributed by atoms with Crippen molar-refractivity contribution in [2.75, 3.05) is 23.3 Å². The molecule has 0 radical (unpaired) electrons. The minimum Gasteiger partial charge on any atom is -0.380 e. The second-order valence-electron chi connectivity index (χ2n) is 4.52. The lowest BCUT2D eigenvalue weighted by atomic mass is 10.2. The lowest BCUT2D eigenvalue weighted by Crippen LogP contribution is -2.27. The molecular formula is C14H14BrN3OS. The molecule has 1 aliphatic heterocycles. The van der Waals surface area contributed by atoms with Crippen molar-refractivity contribution in [3.05, 3.63) is 45.1 Å². The Morgan fingerprint density at radius 1 is 1.40 bits per heavy atom. The summed E-state index contributed by atoms with van der Waals surface area (Å²) < 4.78 is 1.11. The van der Waals surface area contributed by atoms with Gasteiger partial charge in [-0.25, -0.2) is 4.79 Å². The van der Waals surface area contributed by atoms with Crippen molar-refractivity contribution in [2.45, 2.75) is 6.54 Å². The highest BCUT2D eigenvalue weighted by molar-refractivity contribution is 9.10. The normalized spacial score (nSPS) is 14.4. The molecule has 104 valence electrons. The van der Waals surface area contributed by atoms with Crippen molar-refractivity contribution >= 4 is 44.7 Å². The van der Waals surface area contributed by atoms with Crippen LogP contribution in [0.1, 0.15) is 4.88 Å². The molecule has 2 aromatic rings. The summed E-state index contributed by atoms with van der Waals surface area (Å²) >= 11 is 5.17. The molecule has 2 amide bonds. The number of amides is 2. The van der Waals surface area contributed by atoms with Crippen LogP contribution in [0.15, 0.2) is 40.2 Å². The number of nitrogens with zero attached hydrogens (tertiary/aromatic N) is 1. The second kappa shape index (κ2) is 5.85. The van der Waals surface area contributed by atoms with Crippen LogP contribution in [-0.2, 0) is 6.54 Å². The molecule has 2 N–H and O–H groups in total. The quantitative estimate of drug-likeness (QED) is 0.882. The standard InChI is InChI=1S/C14H14BrN3OS/c15-10-6-13(20-9-10)8-17-11-2-1-3-12(7-11)18-5-4-16-14(18)19/h1-3,6-7,9,17H,4-5,8H2,(H,16,19). The molecule has 0 unspecified atom stereocenters. The summed E-state index contributed by atoms with van der Waals surface area (Å²) in [5, 5.41) is 8.27. The van der Waals surface area contributed by atoms with Gasteiger partial charge in [-0.3, -0.25) is 4.90 Å². The smallest absolute Gasteiger partial charge is 0.321 e. The highest BCUT2D eigenvalue weighted by Gasteiger charge is 2.20. The summed E-state index contributed by atoms with van der Waals surface area (Å²) in [5.74, 6) is 0. The number of halogens is 1. The molecule has 2 heterocycles. The van der Waals surface area contributed by atoms with E-state index in [9.17, 15) is 4.79 Å². The summed E-state index contributed by atoms with van der Waals surface area (Å²) in [6.07, 6.45) is 0. The first-order valence-electron chi connectivity index (χ1n) is 6.34. The molecule has 3 rings (SSSR count). The molecule has 1 saturated heterocycles. The Balaban J connectivity index is 1.69. The Kier molecular flexibility index (Phi) is 3.93. The van der Waals surface area contributed by atoms with Gasteiger partial charge in [0.2, 0.25) is 0 Å². The minimum atomic E-state index is -0.0238. The average Bonchev–Trinajstić information content (AvgIpc) is 3.05. The topological polar surface area (TPSA) is 44.4 Å². The van der Waals surface area contributed by atoms with Gasteiger partial charge in [-0.15, -0.1) is 11.3 Å². The fourth-order valence-electron chi connectivity index (χ4n) is 2.14. The molecule has 0 aliphatic carbocycles. The highest BCUT2D eigenvalue weighted by Crippen LogP contribution is 2.23. The SMILES string of the molecule is O=C1NCCN1c1cccc(NCc2cc(Br)cs2)c1. The number of benzene rings is 1. The van der Waals surface area contributed by atoms with Crippen LogP contribution >= 0.6 is 27.3 Å². The van der Waals surface area contributed by atoms with Gasteiger partial charge in [0.25, 0.3) is 0 Å². The van der Waals surface area contributed by atoms with Crippen LogP contribution in [0.5, 0.6) is 0 Å². The average molecular weight is 352 g/mol. The van der Waals surface area contributed by atoms with E-state index >= 15 is 0 Å². The fourth-order valence-corrected chi connectivity index (χ4v) is 3.53. The van der Waals surface area contributed by atoms with Crippen molar-refractivity contribution in [2.24, 2.45) is 0 Å². The Morgan fingerprint density at radius 3 is 3.00 bits per heavy atom. The molecule has 0 saturated carbocycles. The van der Waals surface area contributed by atoms with E-state index in [4.69, 9.17) is 0 Å². The highest BCUT2D eigenvalue weighted by atomic mass is 79.9. The number of nitrogens with one attached hydrogen (secondary N) is 2. The van der Waals surface area contributed by atoms with Gasteiger partial charge in [0.1, 0.15) is 0 Å². The first-order chi connectivity index (χ1) is 9.72. The van der Waals surface area contributed by atoms with Gasteiger partial charge in [-0.2, -0.15) is 0 Å². The molecule has 6 heteroatoms. The summed E-state index contributed by atoms with van der Waals surface area (Å²) in [7, 11) is 0. The number of carbonyl (C=O) groups is 1. The fraction of sp³-hybridized carbons (Fsp3) is 0.214. The summed E-state index contributed by atoms with van der Waals surface area (Å²) in [5.41, 5.74) is 1.95. The van der Waals surface area contributed by atoms with Crippen LogP contribution in [0.25, 0.3) is 0 Å². The third-order valence-electron chi connectivity index (χ3n) is 3.10. The van der Waals surface area contributed by atoms with Crippen LogP contribution in [0, 0.1) is 0 Å². The van der Waals surface area contributed by atoms with Crippen LogP contribution < -0.4 is 15.5 Å². The number of carbonyl (C=O) groups excluding carboxylic acids is 1. The molecule has 0 spiro atoms. The molecule has 1 fully saturated rings. The van der Waals surface area contributed by atoms with Gasteiger partial charge in [0.15, 0.2) is 0 Å². The summed E-state index contributed by atoms with van der Waals surface area (Å²) in [6, 6.07) is 10.0. The number of hydrogen-bond acceptors (Lipinski definition) is 3. The number of anilines is 2. The maximum absolute atomic E-state index is 11.7. The largest absolute Gasteiger partial charge is 0.380 e. The third-order valence-corrected chi connectivity index (χ3v) is 4.80. The van der Waals surface area contributed by atoms with Crippen LogP contribution in [0.4, 0.5) is 16.2 Å². The molecule has 0 bridgehead atoms. The van der Waals surface area contributed by atoms with Crippen molar-refractivity contribution in [3.63, 3.8) is 0 Å². The Hall–Kier alpha value is -1.53. The molecule has 1 aromatic heterocycles. The van der Waals surface area contributed by atoms with Crippen LogP contribution in [0.3, 0.4) is 0 Å². The zero-order valence-corrected chi connectivity index (χ0v) is 13.1. The van der Waals surface area contributed by atoms with E-state index in [0.29, 0.717) is 6.54 Å². The number of urea groups is 1. The first-order valence-corrected chi connectivity index (χ1v) is 8.02. The van der Waals surface area contributed by atoms with E-state index in [2.05, 4.69) is 38.0 Å². The van der Waals surface area contributed by atoms with Gasteiger partial charge < -0.3 is 10.6 Å². The molecular weight excluding hydrogens is 338 g/mol. The summed E-state index contributed by atoms with van der Waals surface area (Å²) in [6.45, 7) is 2.21. The minimum absolute atomic E-state index is 0.0238. The monoisotopic (exact) mass is 351 g/mol. The first kappa shape index (κ1) is 13.5. The molecule has 1 aliphatic rings. The Bertz CT molecular complexity index is 628. The molecule has 0 atom stereocenters. The number of thiophene rings is 1. The van der Waals surface area contributed by atoms with E-state index < -0.39 is 0 Å². The maximum Gasteiger partial charge on any atom is 0.321 e. The van der Waals surface area contributed by atoms with E-state index in [-0.39, 0.29) is 6.03 Å². The number of hydrogen-bond donors (Lipinski definition) is 2.